The van der Waals surface area contributed by atoms with E-state index in [2.05, 4.69) is 25.0 Å². The molecule has 1 saturated heterocycles. The van der Waals surface area contributed by atoms with Gasteiger partial charge in [-0.3, -0.25) is 9.78 Å². The zero-order chi connectivity index (χ0) is 16.2. The second kappa shape index (κ2) is 6.72. The van der Waals surface area contributed by atoms with Crippen molar-refractivity contribution in [1.82, 2.24) is 25.0 Å². The van der Waals surface area contributed by atoms with E-state index >= 15 is 0 Å². The van der Waals surface area contributed by atoms with E-state index in [4.69, 9.17) is 4.52 Å². The van der Waals surface area contributed by atoms with Gasteiger partial charge >= 0.3 is 0 Å². The molecular formula is C15H20N6O2. The smallest absolute Gasteiger partial charge is 0.274 e. The number of aryl methyl sites for hydroxylation is 2. The lowest BCUT2D eigenvalue weighted by Gasteiger charge is -2.20. The van der Waals surface area contributed by atoms with Crippen LogP contribution in [0, 0.1) is 6.92 Å². The average Bonchev–Trinajstić information content (AvgIpc) is 2.92. The molecule has 1 amide bonds. The number of carbonyl (C=O) groups is 1. The molecule has 1 fully saturated rings. The number of anilines is 1. The second-order valence-corrected chi connectivity index (χ2v) is 5.52. The highest BCUT2D eigenvalue weighted by molar-refractivity contribution is 5.92. The van der Waals surface area contributed by atoms with Gasteiger partial charge < -0.3 is 14.3 Å². The maximum atomic E-state index is 12.5. The first-order valence-electron chi connectivity index (χ1n) is 7.83. The van der Waals surface area contributed by atoms with Gasteiger partial charge in [0, 0.05) is 38.8 Å². The van der Waals surface area contributed by atoms with Crippen LogP contribution < -0.4 is 4.90 Å². The fourth-order valence-corrected chi connectivity index (χ4v) is 2.50. The Bertz CT molecular complexity index is 669. The zero-order valence-corrected chi connectivity index (χ0v) is 13.4. The third-order valence-corrected chi connectivity index (χ3v) is 3.83. The molecule has 1 aliphatic rings. The Labute approximate surface area is 134 Å². The van der Waals surface area contributed by atoms with Crippen molar-refractivity contribution in [3.63, 3.8) is 0 Å². The molecule has 0 bridgehead atoms. The molecule has 2 aromatic rings. The lowest BCUT2D eigenvalue weighted by molar-refractivity contribution is 0.0760. The summed E-state index contributed by atoms with van der Waals surface area (Å²) in [5, 5.41) is 4.00. The lowest BCUT2D eigenvalue weighted by Crippen LogP contribution is -2.36. The molecule has 3 heterocycles. The second-order valence-electron chi connectivity index (χ2n) is 5.52. The van der Waals surface area contributed by atoms with Crippen molar-refractivity contribution >= 4 is 11.9 Å². The van der Waals surface area contributed by atoms with Gasteiger partial charge in [-0.05, 0) is 18.5 Å². The highest BCUT2D eigenvalue weighted by atomic mass is 16.5. The highest BCUT2D eigenvalue weighted by Gasteiger charge is 2.23. The molecule has 8 nitrogen and oxygen atoms in total. The van der Waals surface area contributed by atoms with Crippen LogP contribution in [0.4, 0.5) is 5.95 Å². The van der Waals surface area contributed by atoms with Crippen LogP contribution in [-0.4, -0.2) is 57.1 Å². The minimum Gasteiger partial charge on any atom is -0.337 e. The molecule has 23 heavy (non-hydrogen) atoms. The zero-order valence-electron chi connectivity index (χ0n) is 13.4. The van der Waals surface area contributed by atoms with Gasteiger partial charge in [-0.15, -0.1) is 0 Å². The van der Waals surface area contributed by atoms with Crippen molar-refractivity contribution in [1.29, 1.82) is 0 Å². The van der Waals surface area contributed by atoms with Crippen LogP contribution in [-0.2, 0) is 6.42 Å². The van der Waals surface area contributed by atoms with E-state index in [0.717, 1.165) is 25.1 Å². The minimum absolute atomic E-state index is 0.0818. The summed E-state index contributed by atoms with van der Waals surface area (Å²) in [6.07, 6.45) is 4.72. The topological polar surface area (TPSA) is 88.3 Å². The molecule has 0 spiro atoms. The Morgan fingerprint density at radius 2 is 2.09 bits per heavy atom. The van der Waals surface area contributed by atoms with Crippen LogP contribution in [0.2, 0.25) is 0 Å². The third kappa shape index (κ3) is 3.46. The third-order valence-electron chi connectivity index (χ3n) is 3.83. The number of carbonyl (C=O) groups excluding carboxylic acids is 1. The summed E-state index contributed by atoms with van der Waals surface area (Å²) in [6.45, 7) is 6.58. The molecule has 0 unspecified atom stereocenters. The van der Waals surface area contributed by atoms with Crippen molar-refractivity contribution in [2.75, 3.05) is 31.1 Å². The van der Waals surface area contributed by atoms with Crippen LogP contribution in [0.1, 0.15) is 35.4 Å². The molecule has 3 rings (SSSR count). The van der Waals surface area contributed by atoms with Crippen molar-refractivity contribution in [3.05, 3.63) is 29.7 Å². The van der Waals surface area contributed by atoms with Gasteiger partial charge in [0.2, 0.25) is 5.89 Å². The van der Waals surface area contributed by atoms with Crippen molar-refractivity contribution < 1.29 is 9.32 Å². The van der Waals surface area contributed by atoms with Gasteiger partial charge in [-0.2, -0.15) is 4.98 Å². The van der Waals surface area contributed by atoms with Gasteiger partial charge in [0.1, 0.15) is 5.69 Å². The average molecular weight is 316 g/mol. The van der Waals surface area contributed by atoms with E-state index in [9.17, 15) is 4.79 Å². The number of nitrogens with zero attached hydrogens (tertiary/aromatic N) is 6. The number of hydrogen-bond acceptors (Lipinski definition) is 7. The normalized spacial score (nSPS) is 15.6. The van der Waals surface area contributed by atoms with E-state index in [-0.39, 0.29) is 5.91 Å². The lowest BCUT2D eigenvalue weighted by atomic mass is 10.3. The van der Waals surface area contributed by atoms with Gasteiger partial charge in [-0.25, -0.2) is 4.98 Å². The monoisotopic (exact) mass is 316 g/mol. The first-order chi connectivity index (χ1) is 11.2. The largest absolute Gasteiger partial charge is 0.337 e. The first-order valence-corrected chi connectivity index (χ1v) is 7.83. The fourth-order valence-electron chi connectivity index (χ4n) is 2.50. The predicted molar refractivity (Wildman–Crippen MR) is 83.2 cm³/mol. The van der Waals surface area contributed by atoms with Crippen LogP contribution in [0.5, 0.6) is 0 Å². The molecule has 8 heteroatoms. The minimum atomic E-state index is -0.0818. The molecule has 0 radical (unpaired) electrons. The molecule has 0 aromatic carbocycles. The quantitative estimate of drug-likeness (QED) is 0.837. The molecule has 0 aliphatic carbocycles. The summed E-state index contributed by atoms with van der Waals surface area (Å²) in [6, 6.07) is 0. The summed E-state index contributed by atoms with van der Waals surface area (Å²) in [4.78, 5) is 29.0. The SMILES string of the molecule is CCc1nc(N2CCCN(C(=O)c3cnc(C)cn3)CC2)no1. The van der Waals surface area contributed by atoms with Crippen LogP contribution >= 0.6 is 0 Å². The molecule has 1 aliphatic heterocycles. The predicted octanol–water partition coefficient (Wildman–Crippen LogP) is 1.08. The number of rotatable bonds is 3. The van der Waals surface area contributed by atoms with Crippen LogP contribution in [0.15, 0.2) is 16.9 Å². The van der Waals surface area contributed by atoms with Gasteiger partial charge in [-0.1, -0.05) is 6.92 Å². The Kier molecular flexibility index (Phi) is 4.50. The Hall–Kier alpha value is -2.51. The van der Waals surface area contributed by atoms with E-state index in [0.29, 0.717) is 37.2 Å². The summed E-state index contributed by atoms with van der Waals surface area (Å²) < 4.78 is 5.16. The molecule has 2 aromatic heterocycles. The van der Waals surface area contributed by atoms with Crippen molar-refractivity contribution in [3.8, 4) is 0 Å². The standard InChI is InChI=1S/C15H20N6O2/c1-3-13-18-15(19-23-13)21-6-4-5-20(7-8-21)14(22)12-10-16-11(2)9-17-12/h9-10H,3-8H2,1-2H3. The summed E-state index contributed by atoms with van der Waals surface area (Å²) >= 11 is 0. The molecular weight excluding hydrogens is 296 g/mol. The van der Waals surface area contributed by atoms with E-state index in [1.165, 1.54) is 6.20 Å². The van der Waals surface area contributed by atoms with E-state index in [1.54, 1.807) is 11.1 Å². The van der Waals surface area contributed by atoms with E-state index in [1.807, 2.05) is 13.8 Å². The van der Waals surface area contributed by atoms with Crippen LogP contribution in [0.3, 0.4) is 0 Å². The summed E-state index contributed by atoms with van der Waals surface area (Å²) in [5.41, 5.74) is 1.18. The molecule has 0 N–H and O–H groups in total. The number of aromatic nitrogens is 4. The maximum Gasteiger partial charge on any atom is 0.274 e. The Morgan fingerprint density at radius 1 is 1.22 bits per heavy atom. The Balaban J connectivity index is 1.66. The fraction of sp³-hybridized carbons (Fsp3) is 0.533. The first kappa shape index (κ1) is 15.4. The maximum absolute atomic E-state index is 12.5. The van der Waals surface area contributed by atoms with Crippen LogP contribution in [0.25, 0.3) is 0 Å². The van der Waals surface area contributed by atoms with E-state index < -0.39 is 0 Å². The molecule has 122 valence electrons. The number of amides is 1. The number of hydrogen-bond donors (Lipinski definition) is 0. The summed E-state index contributed by atoms with van der Waals surface area (Å²) in [5.74, 6) is 1.15. The van der Waals surface area contributed by atoms with Gasteiger partial charge in [0.25, 0.3) is 11.9 Å². The van der Waals surface area contributed by atoms with Gasteiger partial charge in [0.05, 0.1) is 11.9 Å². The molecule has 0 saturated carbocycles. The summed E-state index contributed by atoms with van der Waals surface area (Å²) in [7, 11) is 0. The van der Waals surface area contributed by atoms with Gasteiger partial charge in [0.15, 0.2) is 0 Å². The highest BCUT2D eigenvalue weighted by Crippen LogP contribution is 2.14. The van der Waals surface area contributed by atoms with Crippen molar-refractivity contribution in [2.24, 2.45) is 0 Å². The molecule has 0 atom stereocenters. The van der Waals surface area contributed by atoms with Crippen molar-refractivity contribution in [2.45, 2.75) is 26.7 Å². The Morgan fingerprint density at radius 3 is 2.78 bits per heavy atom.